The molecular weight excluding hydrogens is 364 g/mol. The summed E-state index contributed by atoms with van der Waals surface area (Å²) in [5.41, 5.74) is 0. The zero-order chi connectivity index (χ0) is 14.8. The van der Waals surface area contributed by atoms with Crippen molar-refractivity contribution in [3.8, 4) is 6.07 Å². The fraction of sp³-hybridized carbons (Fsp3) is 0.462. The molecule has 4 nitrogen and oxygen atoms in total. The quantitative estimate of drug-likeness (QED) is 0.754. The Hall–Kier alpha value is -0.610. The minimum Gasteiger partial charge on any atom is -0.207 e. The zero-order valence-corrected chi connectivity index (χ0v) is 13.9. The van der Waals surface area contributed by atoms with E-state index in [1.165, 1.54) is 10.4 Å². The normalized spacial score (nSPS) is 16.5. The predicted molar refractivity (Wildman–Crippen MR) is 80.9 cm³/mol. The van der Waals surface area contributed by atoms with Gasteiger partial charge in [-0.3, -0.25) is 0 Å². The lowest BCUT2D eigenvalue weighted by molar-refractivity contribution is 0.350. The molecule has 1 aromatic rings. The Morgan fingerprint density at radius 1 is 1.40 bits per heavy atom. The highest BCUT2D eigenvalue weighted by atomic mass is 79.9. The molecule has 1 aliphatic rings. The Morgan fingerprint density at radius 3 is 2.60 bits per heavy atom. The van der Waals surface area contributed by atoms with Gasteiger partial charge in [0.15, 0.2) is 0 Å². The van der Waals surface area contributed by atoms with Gasteiger partial charge in [-0.2, -0.15) is 9.57 Å². The highest BCUT2D eigenvalue weighted by molar-refractivity contribution is 9.10. The highest BCUT2D eigenvalue weighted by Crippen LogP contribution is 2.32. The van der Waals surface area contributed by atoms with E-state index >= 15 is 0 Å². The molecule has 1 fully saturated rings. The summed E-state index contributed by atoms with van der Waals surface area (Å²) in [5.74, 6) is 0. The highest BCUT2D eigenvalue weighted by Gasteiger charge is 2.34. The largest absolute Gasteiger partial charge is 0.245 e. The number of nitriles is 1. The number of rotatable bonds is 4. The average molecular weight is 378 g/mol. The summed E-state index contributed by atoms with van der Waals surface area (Å²) in [5, 5.41) is 9.09. The van der Waals surface area contributed by atoms with Crippen molar-refractivity contribution < 1.29 is 8.42 Å². The van der Waals surface area contributed by atoms with Gasteiger partial charge < -0.3 is 0 Å². The lowest BCUT2D eigenvalue weighted by Gasteiger charge is -2.26. The molecule has 0 atom stereocenters. The second kappa shape index (κ2) is 6.44. The van der Waals surface area contributed by atoms with E-state index in [1.54, 1.807) is 12.1 Å². The number of hydrogen-bond donors (Lipinski definition) is 0. The van der Waals surface area contributed by atoms with Crippen molar-refractivity contribution in [1.82, 2.24) is 4.31 Å². The second-order valence-electron chi connectivity index (χ2n) is 4.72. The van der Waals surface area contributed by atoms with E-state index in [0.29, 0.717) is 4.47 Å². The first-order chi connectivity index (χ1) is 9.46. The van der Waals surface area contributed by atoms with Crippen molar-refractivity contribution in [2.45, 2.75) is 36.6 Å². The Labute approximate surface area is 132 Å². The Morgan fingerprint density at radius 2 is 2.05 bits per heavy atom. The second-order valence-corrected chi connectivity index (χ2v) is 7.90. The Kier molecular flexibility index (Phi) is 5.08. The molecule has 108 valence electrons. The number of halogens is 2. The van der Waals surface area contributed by atoms with E-state index in [-0.39, 0.29) is 22.5 Å². The van der Waals surface area contributed by atoms with Crippen LogP contribution < -0.4 is 0 Å². The number of nitrogens with zero attached hydrogens (tertiary/aromatic N) is 2. The van der Waals surface area contributed by atoms with Crippen LogP contribution in [0.2, 0.25) is 5.02 Å². The van der Waals surface area contributed by atoms with Crippen LogP contribution in [0.25, 0.3) is 0 Å². The molecule has 2 rings (SSSR count). The van der Waals surface area contributed by atoms with Gasteiger partial charge >= 0.3 is 0 Å². The van der Waals surface area contributed by atoms with Crippen LogP contribution in [0.3, 0.4) is 0 Å². The number of benzene rings is 1. The third kappa shape index (κ3) is 3.17. The van der Waals surface area contributed by atoms with Gasteiger partial charge in [0, 0.05) is 10.5 Å². The van der Waals surface area contributed by atoms with Crippen molar-refractivity contribution >= 4 is 37.6 Å². The van der Waals surface area contributed by atoms with Gasteiger partial charge in [0.1, 0.15) is 11.4 Å². The van der Waals surface area contributed by atoms with Gasteiger partial charge in [-0.15, -0.1) is 0 Å². The molecule has 0 radical (unpaired) electrons. The molecule has 0 spiro atoms. The predicted octanol–water partition coefficient (Wildman–Crippen LogP) is 3.56. The smallest absolute Gasteiger partial charge is 0.207 e. The molecule has 0 aliphatic heterocycles. The lowest BCUT2D eigenvalue weighted by atomic mass is 10.2. The first-order valence-corrected chi connectivity index (χ1v) is 8.92. The molecule has 0 amide bonds. The van der Waals surface area contributed by atoms with Gasteiger partial charge in [-0.25, -0.2) is 8.42 Å². The van der Waals surface area contributed by atoms with Crippen LogP contribution in [0.15, 0.2) is 27.6 Å². The Bertz CT molecular complexity index is 636. The van der Waals surface area contributed by atoms with Crippen LogP contribution >= 0.6 is 27.5 Å². The van der Waals surface area contributed by atoms with Gasteiger partial charge in [-0.1, -0.05) is 40.4 Å². The van der Waals surface area contributed by atoms with Crippen molar-refractivity contribution in [2.75, 3.05) is 6.54 Å². The van der Waals surface area contributed by atoms with Gasteiger partial charge in [-0.05, 0) is 31.0 Å². The van der Waals surface area contributed by atoms with Crippen molar-refractivity contribution in [3.63, 3.8) is 0 Å². The van der Waals surface area contributed by atoms with Gasteiger partial charge in [0.2, 0.25) is 10.0 Å². The van der Waals surface area contributed by atoms with Crippen LogP contribution in [0.4, 0.5) is 0 Å². The van der Waals surface area contributed by atoms with Gasteiger partial charge in [0.05, 0.1) is 11.1 Å². The van der Waals surface area contributed by atoms with E-state index in [1.807, 2.05) is 6.07 Å². The standard InChI is InChI=1S/C13H14BrClN2O2S/c14-10-5-6-13(12(15)9-10)20(18,19)17(8-7-16)11-3-1-2-4-11/h5-6,9,11H,1-4,8H2. The fourth-order valence-corrected chi connectivity index (χ4v) is 5.08. The molecular formula is C13H14BrClN2O2S. The summed E-state index contributed by atoms with van der Waals surface area (Å²) in [6, 6.07) is 6.51. The van der Waals surface area contributed by atoms with E-state index in [4.69, 9.17) is 16.9 Å². The molecule has 0 saturated heterocycles. The number of sulfonamides is 1. The lowest BCUT2D eigenvalue weighted by Crippen LogP contribution is -2.39. The summed E-state index contributed by atoms with van der Waals surface area (Å²) in [6.07, 6.45) is 3.59. The van der Waals surface area contributed by atoms with Crippen LogP contribution in [0.1, 0.15) is 25.7 Å². The molecule has 1 aromatic carbocycles. The van der Waals surface area contributed by atoms with Crippen LogP contribution in [0.5, 0.6) is 0 Å². The summed E-state index contributed by atoms with van der Waals surface area (Å²) >= 11 is 9.30. The molecule has 1 aliphatic carbocycles. The van der Waals surface area contributed by atoms with E-state index in [9.17, 15) is 8.42 Å². The van der Waals surface area contributed by atoms with Crippen molar-refractivity contribution in [2.24, 2.45) is 0 Å². The summed E-state index contributed by atoms with van der Waals surface area (Å²) in [4.78, 5) is 0.0597. The fourth-order valence-electron chi connectivity index (χ4n) is 2.48. The Balaban J connectivity index is 2.42. The minimum absolute atomic E-state index is 0.0597. The molecule has 0 bridgehead atoms. The third-order valence-electron chi connectivity index (χ3n) is 3.44. The first kappa shape index (κ1) is 15.8. The average Bonchev–Trinajstić information content (AvgIpc) is 2.88. The van der Waals surface area contributed by atoms with Crippen molar-refractivity contribution in [3.05, 3.63) is 27.7 Å². The van der Waals surface area contributed by atoms with Crippen LogP contribution in [0, 0.1) is 11.3 Å². The van der Waals surface area contributed by atoms with Crippen LogP contribution in [-0.2, 0) is 10.0 Å². The van der Waals surface area contributed by atoms with E-state index in [2.05, 4.69) is 15.9 Å². The zero-order valence-electron chi connectivity index (χ0n) is 10.7. The van der Waals surface area contributed by atoms with E-state index < -0.39 is 10.0 Å². The van der Waals surface area contributed by atoms with E-state index in [0.717, 1.165) is 25.7 Å². The molecule has 0 heterocycles. The topological polar surface area (TPSA) is 61.2 Å². The molecule has 1 saturated carbocycles. The molecule has 0 aromatic heterocycles. The summed E-state index contributed by atoms with van der Waals surface area (Å²) < 4.78 is 27.4. The monoisotopic (exact) mass is 376 g/mol. The van der Waals surface area contributed by atoms with Crippen LogP contribution in [-0.4, -0.2) is 25.3 Å². The maximum Gasteiger partial charge on any atom is 0.245 e. The summed E-state index contributed by atoms with van der Waals surface area (Å²) in [7, 11) is -3.74. The number of hydrogen-bond acceptors (Lipinski definition) is 3. The maximum atomic E-state index is 12.7. The molecule has 20 heavy (non-hydrogen) atoms. The first-order valence-electron chi connectivity index (χ1n) is 6.30. The third-order valence-corrected chi connectivity index (χ3v) is 6.31. The maximum absolute atomic E-state index is 12.7. The van der Waals surface area contributed by atoms with Crippen molar-refractivity contribution in [1.29, 1.82) is 5.26 Å². The SMILES string of the molecule is N#CCN(C1CCCC1)S(=O)(=O)c1ccc(Br)cc1Cl. The van der Waals surface area contributed by atoms with Gasteiger partial charge in [0.25, 0.3) is 0 Å². The molecule has 0 N–H and O–H groups in total. The molecule has 0 unspecified atom stereocenters. The minimum atomic E-state index is -3.74. The summed E-state index contributed by atoms with van der Waals surface area (Å²) in [6.45, 7) is -0.139. The molecule has 7 heteroatoms.